The minimum Gasteiger partial charge on any atom is -0.340 e. The van der Waals surface area contributed by atoms with Crippen LogP contribution in [0, 0.1) is 19.8 Å². The van der Waals surface area contributed by atoms with Crippen LogP contribution in [0.2, 0.25) is 0 Å². The van der Waals surface area contributed by atoms with Gasteiger partial charge in [-0.05, 0) is 43.9 Å². The third kappa shape index (κ3) is 5.05. The average Bonchev–Trinajstić information content (AvgIpc) is 2.60. The van der Waals surface area contributed by atoms with Crippen molar-refractivity contribution in [3.8, 4) is 0 Å². The van der Waals surface area contributed by atoms with E-state index in [1.54, 1.807) is 0 Å². The van der Waals surface area contributed by atoms with E-state index >= 15 is 0 Å². The van der Waals surface area contributed by atoms with E-state index < -0.39 is 0 Å². The van der Waals surface area contributed by atoms with Crippen LogP contribution in [0.1, 0.15) is 37.8 Å². The molecule has 0 spiro atoms. The quantitative estimate of drug-likeness (QED) is 0.862. The highest BCUT2D eigenvalue weighted by molar-refractivity contribution is 5.93. The van der Waals surface area contributed by atoms with Gasteiger partial charge in [0.05, 0.1) is 6.54 Å². The summed E-state index contributed by atoms with van der Waals surface area (Å²) in [7, 11) is 0. The number of carbonyl (C=O) groups is 2. The first-order valence-electron chi connectivity index (χ1n) is 9.33. The Bertz CT molecular complexity index is 603. The molecule has 5 nitrogen and oxygen atoms in total. The Morgan fingerprint density at radius 3 is 2.32 bits per heavy atom. The Hall–Kier alpha value is -1.88. The van der Waals surface area contributed by atoms with Crippen LogP contribution in [-0.2, 0) is 9.59 Å². The van der Waals surface area contributed by atoms with Crippen molar-refractivity contribution in [2.75, 3.05) is 38.0 Å². The second-order valence-corrected chi connectivity index (χ2v) is 6.91. The van der Waals surface area contributed by atoms with Crippen LogP contribution in [-0.4, -0.2) is 54.3 Å². The highest BCUT2D eigenvalue weighted by atomic mass is 16.2. The zero-order valence-corrected chi connectivity index (χ0v) is 16.0. The maximum atomic E-state index is 12.4. The van der Waals surface area contributed by atoms with E-state index in [4.69, 9.17) is 0 Å². The molecule has 0 saturated carbocycles. The van der Waals surface area contributed by atoms with Crippen molar-refractivity contribution < 1.29 is 9.59 Å². The van der Waals surface area contributed by atoms with Crippen molar-refractivity contribution in [2.45, 2.75) is 40.5 Å². The van der Waals surface area contributed by atoms with Crippen molar-refractivity contribution in [1.29, 1.82) is 0 Å². The van der Waals surface area contributed by atoms with Crippen LogP contribution in [0.5, 0.6) is 0 Å². The molecule has 25 heavy (non-hydrogen) atoms. The molecule has 0 atom stereocenters. The molecule has 1 saturated heterocycles. The molecular weight excluding hydrogens is 314 g/mol. The number of nitrogens with one attached hydrogen (secondary N) is 1. The van der Waals surface area contributed by atoms with Crippen molar-refractivity contribution in [1.82, 2.24) is 9.80 Å². The summed E-state index contributed by atoms with van der Waals surface area (Å²) >= 11 is 0. The molecule has 0 aliphatic carbocycles. The van der Waals surface area contributed by atoms with Crippen molar-refractivity contribution in [2.24, 2.45) is 5.92 Å². The normalized spacial score (nSPS) is 15.5. The smallest absolute Gasteiger partial charge is 0.238 e. The van der Waals surface area contributed by atoms with Crippen LogP contribution in [0.3, 0.4) is 0 Å². The lowest BCUT2D eigenvalue weighted by Gasteiger charge is -2.36. The molecule has 0 bridgehead atoms. The fraction of sp³-hybridized carbons (Fsp3) is 0.600. The summed E-state index contributed by atoms with van der Waals surface area (Å²) in [5.41, 5.74) is 3.16. The number of benzene rings is 1. The van der Waals surface area contributed by atoms with Gasteiger partial charge in [0.1, 0.15) is 0 Å². The maximum absolute atomic E-state index is 12.4. The molecule has 5 heteroatoms. The fourth-order valence-corrected chi connectivity index (χ4v) is 3.30. The third-order valence-corrected chi connectivity index (χ3v) is 5.26. The summed E-state index contributed by atoms with van der Waals surface area (Å²) in [6.07, 6.45) is 1.79. The SMILES string of the molecule is CCC(CC)C(=O)N1CCN(CC(=O)Nc2cccc(C)c2C)CC1. The van der Waals surface area contributed by atoms with Gasteiger partial charge in [-0.15, -0.1) is 0 Å². The topological polar surface area (TPSA) is 52.7 Å². The molecule has 2 amide bonds. The zero-order chi connectivity index (χ0) is 18.4. The highest BCUT2D eigenvalue weighted by Crippen LogP contribution is 2.18. The summed E-state index contributed by atoms with van der Waals surface area (Å²) in [6.45, 7) is 11.5. The van der Waals surface area contributed by atoms with Gasteiger partial charge in [-0.2, -0.15) is 0 Å². The van der Waals surface area contributed by atoms with Gasteiger partial charge >= 0.3 is 0 Å². The first kappa shape index (κ1) is 19.4. The lowest BCUT2D eigenvalue weighted by atomic mass is 10.0. The van der Waals surface area contributed by atoms with E-state index in [2.05, 4.69) is 24.1 Å². The summed E-state index contributed by atoms with van der Waals surface area (Å²) in [5, 5.41) is 3.01. The van der Waals surface area contributed by atoms with Crippen LogP contribution >= 0.6 is 0 Å². The Morgan fingerprint density at radius 2 is 1.72 bits per heavy atom. The molecule has 2 rings (SSSR count). The maximum Gasteiger partial charge on any atom is 0.238 e. The van der Waals surface area contributed by atoms with E-state index in [0.717, 1.165) is 37.2 Å². The standard InChI is InChI=1S/C20H31N3O2/c1-5-17(6-2)20(25)23-12-10-22(11-13-23)14-19(24)21-18-9-7-8-15(3)16(18)4/h7-9,17H,5-6,10-14H2,1-4H3,(H,21,24). The number of hydrogen-bond donors (Lipinski definition) is 1. The molecule has 1 aromatic carbocycles. The summed E-state index contributed by atoms with van der Waals surface area (Å²) in [5.74, 6) is 0.414. The minimum atomic E-state index is 0.00784. The van der Waals surface area contributed by atoms with E-state index in [0.29, 0.717) is 19.6 Å². The molecule has 138 valence electrons. The van der Waals surface area contributed by atoms with Gasteiger partial charge in [-0.25, -0.2) is 0 Å². The molecule has 0 radical (unpaired) electrons. The van der Waals surface area contributed by atoms with Gasteiger partial charge in [0, 0.05) is 37.8 Å². The molecule has 1 aliphatic heterocycles. The summed E-state index contributed by atoms with van der Waals surface area (Å²) < 4.78 is 0. The Kier molecular flexibility index (Phi) is 7.00. The van der Waals surface area contributed by atoms with E-state index in [1.807, 2.05) is 36.9 Å². The van der Waals surface area contributed by atoms with Gasteiger partial charge in [0.2, 0.25) is 11.8 Å². The minimum absolute atomic E-state index is 0.00784. The lowest BCUT2D eigenvalue weighted by molar-refractivity contribution is -0.137. The molecule has 0 unspecified atom stereocenters. The first-order valence-corrected chi connectivity index (χ1v) is 9.33. The van der Waals surface area contributed by atoms with Crippen molar-refractivity contribution >= 4 is 17.5 Å². The number of piperazine rings is 1. The number of anilines is 1. The number of carbonyl (C=O) groups excluding carboxylic acids is 2. The number of aryl methyl sites for hydroxylation is 1. The van der Waals surface area contributed by atoms with Crippen LogP contribution < -0.4 is 5.32 Å². The van der Waals surface area contributed by atoms with Crippen LogP contribution in [0.25, 0.3) is 0 Å². The summed E-state index contributed by atoms with van der Waals surface area (Å²) in [4.78, 5) is 28.8. The van der Waals surface area contributed by atoms with Gasteiger partial charge in [-0.3, -0.25) is 14.5 Å². The largest absolute Gasteiger partial charge is 0.340 e. The lowest BCUT2D eigenvalue weighted by Crippen LogP contribution is -2.51. The second kappa shape index (κ2) is 8.99. The Morgan fingerprint density at radius 1 is 1.08 bits per heavy atom. The number of amides is 2. The van der Waals surface area contributed by atoms with E-state index in [1.165, 1.54) is 5.56 Å². The molecule has 1 fully saturated rings. The molecule has 1 heterocycles. The second-order valence-electron chi connectivity index (χ2n) is 6.91. The van der Waals surface area contributed by atoms with Crippen LogP contribution in [0.15, 0.2) is 18.2 Å². The average molecular weight is 345 g/mol. The Labute approximate surface area is 151 Å². The van der Waals surface area contributed by atoms with Gasteiger partial charge in [0.25, 0.3) is 0 Å². The summed E-state index contributed by atoms with van der Waals surface area (Å²) in [6, 6.07) is 5.94. The molecule has 1 N–H and O–H groups in total. The molecular formula is C20H31N3O2. The van der Waals surface area contributed by atoms with Gasteiger partial charge in [0.15, 0.2) is 0 Å². The van der Waals surface area contributed by atoms with Gasteiger partial charge < -0.3 is 10.2 Å². The number of rotatable bonds is 6. The number of hydrogen-bond acceptors (Lipinski definition) is 3. The Balaban J connectivity index is 1.82. The molecule has 1 aromatic rings. The van der Waals surface area contributed by atoms with Crippen LogP contribution in [0.4, 0.5) is 5.69 Å². The number of nitrogens with zero attached hydrogens (tertiary/aromatic N) is 2. The first-order chi connectivity index (χ1) is 12.0. The predicted octanol–water partition coefficient (Wildman–Crippen LogP) is 2.82. The highest BCUT2D eigenvalue weighted by Gasteiger charge is 2.26. The van der Waals surface area contributed by atoms with E-state index in [9.17, 15) is 9.59 Å². The van der Waals surface area contributed by atoms with Crippen molar-refractivity contribution in [3.05, 3.63) is 29.3 Å². The zero-order valence-electron chi connectivity index (χ0n) is 16.0. The third-order valence-electron chi connectivity index (χ3n) is 5.26. The van der Waals surface area contributed by atoms with Gasteiger partial charge in [-0.1, -0.05) is 26.0 Å². The predicted molar refractivity (Wildman–Crippen MR) is 102 cm³/mol. The monoisotopic (exact) mass is 345 g/mol. The van der Waals surface area contributed by atoms with Crippen molar-refractivity contribution in [3.63, 3.8) is 0 Å². The van der Waals surface area contributed by atoms with E-state index in [-0.39, 0.29) is 17.7 Å². The molecule has 0 aromatic heterocycles. The fourth-order valence-electron chi connectivity index (χ4n) is 3.30. The molecule has 1 aliphatic rings.